The summed E-state index contributed by atoms with van der Waals surface area (Å²) in [6, 6.07) is 0. The zero-order chi connectivity index (χ0) is 10.5. The predicted molar refractivity (Wildman–Crippen MR) is 53.6 cm³/mol. The highest BCUT2D eigenvalue weighted by Crippen LogP contribution is 2.46. The Bertz CT molecular complexity index is 204. The summed E-state index contributed by atoms with van der Waals surface area (Å²) in [5, 5.41) is 0. The molecule has 1 fully saturated rings. The molecule has 0 aromatic carbocycles. The van der Waals surface area contributed by atoms with E-state index in [4.69, 9.17) is 9.47 Å². The fourth-order valence-electron chi connectivity index (χ4n) is 1.83. The van der Waals surface area contributed by atoms with Crippen molar-refractivity contribution in [3.8, 4) is 0 Å². The smallest absolute Gasteiger partial charge is 0.163 e. The van der Waals surface area contributed by atoms with Gasteiger partial charge in [0.05, 0.1) is 11.7 Å². The van der Waals surface area contributed by atoms with Crippen LogP contribution in [0.15, 0.2) is 0 Å². The van der Waals surface area contributed by atoms with Crippen molar-refractivity contribution < 1.29 is 9.47 Å². The van der Waals surface area contributed by atoms with Gasteiger partial charge < -0.3 is 9.47 Å². The van der Waals surface area contributed by atoms with Crippen molar-refractivity contribution >= 4 is 0 Å². The summed E-state index contributed by atoms with van der Waals surface area (Å²) < 4.78 is 11.7. The summed E-state index contributed by atoms with van der Waals surface area (Å²) in [7, 11) is 0. The van der Waals surface area contributed by atoms with Crippen molar-refractivity contribution in [3.63, 3.8) is 0 Å². The van der Waals surface area contributed by atoms with E-state index in [0.29, 0.717) is 0 Å². The number of hydrogen-bond acceptors (Lipinski definition) is 2. The van der Waals surface area contributed by atoms with Crippen molar-refractivity contribution in [2.75, 3.05) is 0 Å². The predicted octanol–water partition coefficient (Wildman–Crippen LogP) is 2.96. The topological polar surface area (TPSA) is 18.5 Å². The second-order valence-electron chi connectivity index (χ2n) is 5.49. The van der Waals surface area contributed by atoms with Gasteiger partial charge in [0, 0.05) is 5.41 Å². The molecule has 0 spiro atoms. The lowest BCUT2D eigenvalue weighted by Gasteiger charge is -2.55. The zero-order valence-electron chi connectivity index (χ0n) is 9.89. The Morgan fingerprint density at radius 1 is 0.923 bits per heavy atom. The van der Waals surface area contributed by atoms with Gasteiger partial charge >= 0.3 is 0 Å². The van der Waals surface area contributed by atoms with Crippen LogP contribution in [0.2, 0.25) is 0 Å². The van der Waals surface area contributed by atoms with Gasteiger partial charge in [-0.15, -0.1) is 0 Å². The molecule has 1 unspecified atom stereocenters. The Labute approximate surface area is 81.6 Å². The first kappa shape index (κ1) is 11.0. The summed E-state index contributed by atoms with van der Waals surface area (Å²) in [5.41, 5.74) is -0.101. The minimum Gasteiger partial charge on any atom is -0.347 e. The SMILES string of the molecule is CC1OC(C)(C)OC(C)(C)C1(C)C. The first-order chi connectivity index (χ1) is 5.58. The first-order valence-electron chi connectivity index (χ1n) is 4.96. The van der Waals surface area contributed by atoms with Gasteiger partial charge in [-0.05, 0) is 34.6 Å². The summed E-state index contributed by atoms with van der Waals surface area (Å²) >= 11 is 0. The van der Waals surface area contributed by atoms with Crippen LogP contribution in [0.1, 0.15) is 48.5 Å². The van der Waals surface area contributed by atoms with E-state index in [1.165, 1.54) is 0 Å². The quantitative estimate of drug-likeness (QED) is 0.579. The van der Waals surface area contributed by atoms with E-state index < -0.39 is 5.79 Å². The third kappa shape index (κ3) is 1.75. The fourth-order valence-corrected chi connectivity index (χ4v) is 1.83. The molecule has 0 aromatic heterocycles. The van der Waals surface area contributed by atoms with Crippen LogP contribution >= 0.6 is 0 Å². The first-order valence-corrected chi connectivity index (χ1v) is 4.96. The molecule has 1 rings (SSSR count). The summed E-state index contributed by atoms with van der Waals surface area (Å²) in [6.45, 7) is 14.7. The van der Waals surface area contributed by atoms with Gasteiger partial charge in [0.15, 0.2) is 5.79 Å². The molecule has 0 amide bonds. The molecule has 13 heavy (non-hydrogen) atoms. The van der Waals surface area contributed by atoms with Gasteiger partial charge in [0.1, 0.15) is 0 Å². The minimum atomic E-state index is -0.460. The summed E-state index contributed by atoms with van der Waals surface area (Å²) in [5.74, 6) is -0.460. The van der Waals surface area contributed by atoms with Crippen molar-refractivity contribution in [1.82, 2.24) is 0 Å². The lowest BCUT2D eigenvalue weighted by molar-refractivity contribution is -0.367. The van der Waals surface area contributed by atoms with Crippen LogP contribution in [0.5, 0.6) is 0 Å². The number of hydrogen-bond donors (Lipinski definition) is 0. The number of ether oxygens (including phenoxy) is 2. The van der Waals surface area contributed by atoms with E-state index in [-0.39, 0.29) is 17.1 Å². The fraction of sp³-hybridized carbons (Fsp3) is 1.00. The maximum atomic E-state index is 5.92. The van der Waals surface area contributed by atoms with E-state index in [9.17, 15) is 0 Å². The largest absolute Gasteiger partial charge is 0.347 e. The highest BCUT2D eigenvalue weighted by atomic mass is 16.7. The third-order valence-corrected chi connectivity index (χ3v) is 3.53. The Morgan fingerprint density at radius 3 is 1.77 bits per heavy atom. The normalized spacial score (nSPS) is 35.8. The van der Waals surface area contributed by atoms with Gasteiger partial charge in [0.2, 0.25) is 0 Å². The molecule has 0 bridgehead atoms. The molecule has 0 radical (unpaired) electrons. The molecule has 0 aromatic rings. The molecular formula is C11H22O2. The van der Waals surface area contributed by atoms with Crippen LogP contribution in [-0.4, -0.2) is 17.5 Å². The Kier molecular flexibility index (Phi) is 2.29. The molecular weight excluding hydrogens is 164 g/mol. The maximum absolute atomic E-state index is 5.92. The average molecular weight is 186 g/mol. The highest BCUT2D eigenvalue weighted by molar-refractivity contribution is 4.96. The van der Waals surface area contributed by atoms with Gasteiger partial charge in [-0.1, -0.05) is 13.8 Å². The van der Waals surface area contributed by atoms with Crippen molar-refractivity contribution in [2.24, 2.45) is 5.41 Å². The van der Waals surface area contributed by atoms with Crippen LogP contribution < -0.4 is 0 Å². The second-order valence-corrected chi connectivity index (χ2v) is 5.49. The molecule has 1 saturated heterocycles. The maximum Gasteiger partial charge on any atom is 0.163 e. The Hall–Kier alpha value is -0.0800. The summed E-state index contributed by atoms with van der Waals surface area (Å²) in [6.07, 6.45) is 0.214. The van der Waals surface area contributed by atoms with Crippen LogP contribution in [0.25, 0.3) is 0 Å². The van der Waals surface area contributed by atoms with E-state index in [0.717, 1.165) is 0 Å². The Balaban J connectivity index is 2.96. The average Bonchev–Trinajstić information content (AvgIpc) is 1.80. The van der Waals surface area contributed by atoms with Crippen molar-refractivity contribution in [2.45, 2.75) is 66.0 Å². The molecule has 1 aliphatic rings. The van der Waals surface area contributed by atoms with E-state index in [2.05, 4.69) is 34.6 Å². The minimum absolute atomic E-state index is 0.0442. The van der Waals surface area contributed by atoms with Gasteiger partial charge in [0.25, 0.3) is 0 Å². The van der Waals surface area contributed by atoms with Crippen LogP contribution in [-0.2, 0) is 9.47 Å². The summed E-state index contributed by atoms with van der Waals surface area (Å²) in [4.78, 5) is 0. The van der Waals surface area contributed by atoms with Gasteiger partial charge in [-0.2, -0.15) is 0 Å². The number of rotatable bonds is 0. The highest BCUT2D eigenvalue weighted by Gasteiger charge is 2.51. The second kappa shape index (κ2) is 2.71. The molecule has 0 N–H and O–H groups in total. The van der Waals surface area contributed by atoms with Crippen LogP contribution in [0, 0.1) is 5.41 Å². The van der Waals surface area contributed by atoms with Crippen molar-refractivity contribution in [3.05, 3.63) is 0 Å². The molecule has 2 nitrogen and oxygen atoms in total. The van der Waals surface area contributed by atoms with Crippen LogP contribution in [0.4, 0.5) is 0 Å². The van der Waals surface area contributed by atoms with Crippen molar-refractivity contribution in [1.29, 1.82) is 0 Å². The third-order valence-electron chi connectivity index (χ3n) is 3.53. The van der Waals surface area contributed by atoms with E-state index in [1.807, 2.05) is 13.8 Å². The molecule has 1 atom stereocenters. The lowest BCUT2D eigenvalue weighted by Crippen LogP contribution is -2.60. The molecule has 1 heterocycles. The molecule has 0 saturated carbocycles. The monoisotopic (exact) mass is 186 g/mol. The van der Waals surface area contributed by atoms with E-state index in [1.54, 1.807) is 0 Å². The Morgan fingerprint density at radius 2 is 1.38 bits per heavy atom. The lowest BCUT2D eigenvalue weighted by atomic mass is 9.72. The molecule has 0 aliphatic carbocycles. The standard InChI is InChI=1S/C11H22O2/c1-8-9(2,3)10(4,5)13-11(6,7)12-8/h8H,1-7H3. The van der Waals surface area contributed by atoms with E-state index >= 15 is 0 Å². The van der Waals surface area contributed by atoms with Crippen LogP contribution in [0.3, 0.4) is 0 Å². The molecule has 2 heteroatoms. The molecule has 78 valence electrons. The zero-order valence-corrected chi connectivity index (χ0v) is 9.89. The van der Waals surface area contributed by atoms with Gasteiger partial charge in [-0.3, -0.25) is 0 Å². The molecule has 1 aliphatic heterocycles. The van der Waals surface area contributed by atoms with Gasteiger partial charge in [-0.25, -0.2) is 0 Å².